The molecule has 4 nitrogen and oxygen atoms in total. The Labute approximate surface area is 128 Å². The van der Waals surface area contributed by atoms with Crippen LogP contribution in [0.4, 0.5) is 16.2 Å². The quantitative estimate of drug-likeness (QED) is 0.745. The van der Waals surface area contributed by atoms with Crippen molar-refractivity contribution in [3.8, 4) is 11.8 Å². The van der Waals surface area contributed by atoms with E-state index < -0.39 is 0 Å². The molecule has 21 heavy (non-hydrogen) atoms. The summed E-state index contributed by atoms with van der Waals surface area (Å²) in [5.41, 5.74) is 7.28. The number of nitrogens with one attached hydrogen (secondary N) is 2. The summed E-state index contributed by atoms with van der Waals surface area (Å²) in [6, 6.07) is 13.9. The first-order valence-corrected chi connectivity index (χ1v) is 6.68. The molecule has 2 amide bonds. The molecule has 106 valence electrons. The smallest absolute Gasteiger partial charge is 0.320 e. The second-order valence-corrected chi connectivity index (χ2v) is 4.55. The molecular formula is C16H14ClN3O. The number of nitrogens with two attached hydrogens (primary N) is 1. The number of hydrogen-bond donors (Lipinski definition) is 3. The van der Waals surface area contributed by atoms with Crippen molar-refractivity contribution in [1.82, 2.24) is 0 Å². The van der Waals surface area contributed by atoms with E-state index >= 15 is 0 Å². The number of hydrogen-bond acceptors (Lipinski definition) is 2. The van der Waals surface area contributed by atoms with Gasteiger partial charge in [-0.3, -0.25) is 0 Å². The van der Waals surface area contributed by atoms with Gasteiger partial charge in [0.2, 0.25) is 0 Å². The zero-order chi connectivity index (χ0) is 15.1. The lowest BCUT2D eigenvalue weighted by molar-refractivity contribution is 0.262. The summed E-state index contributed by atoms with van der Waals surface area (Å²) in [5.74, 6) is 5.59. The summed E-state index contributed by atoms with van der Waals surface area (Å²) in [4.78, 5) is 11.9. The van der Waals surface area contributed by atoms with E-state index in [9.17, 15) is 4.79 Å². The summed E-state index contributed by atoms with van der Waals surface area (Å²) in [5, 5.41) is 5.97. The molecule has 5 heteroatoms. The average molecular weight is 300 g/mol. The lowest BCUT2D eigenvalue weighted by Crippen LogP contribution is -2.19. The number of anilines is 2. The molecule has 2 aromatic carbocycles. The van der Waals surface area contributed by atoms with E-state index in [1.165, 1.54) is 0 Å². The Hall–Kier alpha value is -2.48. The zero-order valence-electron chi connectivity index (χ0n) is 11.2. The van der Waals surface area contributed by atoms with Crippen LogP contribution in [-0.4, -0.2) is 12.6 Å². The molecule has 0 spiro atoms. The summed E-state index contributed by atoms with van der Waals surface area (Å²) >= 11 is 6.03. The summed E-state index contributed by atoms with van der Waals surface area (Å²) < 4.78 is 0. The van der Waals surface area contributed by atoms with E-state index in [2.05, 4.69) is 22.5 Å². The first-order chi connectivity index (χ1) is 10.2. The number of carbonyl (C=O) groups is 1. The van der Waals surface area contributed by atoms with Crippen LogP contribution in [-0.2, 0) is 0 Å². The number of amides is 2. The van der Waals surface area contributed by atoms with Gasteiger partial charge in [0.1, 0.15) is 0 Å². The monoisotopic (exact) mass is 299 g/mol. The third-order valence-electron chi connectivity index (χ3n) is 2.58. The third kappa shape index (κ3) is 4.53. The molecule has 0 atom stereocenters. The fourth-order valence-electron chi connectivity index (χ4n) is 1.66. The van der Waals surface area contributed by atoms with Crippen LogP contribution in [0.3, 0.4) is 0 Å². The fourth-order valence-corrected chi connectivity index (χ4v) is 1.82. The van der Waals surface area contributed by atoms with Crippen LogP contribution in [0.2, 0.25) is 5.02 Å². The molecule has 0 fully saturated rings. The van der Waals surface area contributed by atoms with Crippen molar-refractivity contribution in [2.45, 2.75) is 0 Å². The lowest BCUT2D eigenvalue weighted by Gasteiger charge is -2.08. The van der Waals surface area contributed by atoms with Crippen molar-refractivity contribution in [3.05, 3.63) is 59.1 Å². The van der Waals surface area contributed by atoms with Crippen LogP contribution in [0.15, 0.2) is 48.5 Å². The van der Waals surface area contributed by atoms with Crippen LogP contribution in [0.25, 0.3) is 0 Å². The van der Waals surface area contributed by atoms with Crippen molar-refractivity contribution in [1.29, 1.82) is 0 Å². The van der Waals surface area contributed by atoms with E-state index in [1.54, 1.807) is 30.3 Å². The van der Waals surface area contributed by atoms with Gasteiger partial charge in [0.05, 0.1) is 11.6 Å². The van der Waals surface area contributed by atoms with Crippen molar-refractivity contribution < 1.29 is 4.79 Å². The molecular weight excluding hydrogens is 286 g/mol. The largest absolute Gasteiger partial charge is 0.323 e. The minimum Gasteiger partial charge on any atom is -0.320 e. The Kier molecular flexibility index (Phi) is 5.22. The maximum atomic E-state index is 11.9. The molecule has 2 rings (SSSR count). The zero-order valence-corrected chi connectivity index (χ0v) is 11.9. The van der Waals surface area contributed by atoms with Crippen LogP contribution in [0.5, 0.6) is 0 Å². The second kappa shape index (κ2) is 7.34. The summed E-state index contributed by atoms with van der Waals surface area (Å²) in [7, 11) is 0. The SMILES string of the molecule is NCC#Cc1cc(NC(=O)Nc2ccccc2)ccc1Cl. The molecule has 2 aromatic rings. The van der Waals surface area contributed by atoms with Gasteiger partial charge >= 0.3 is 6.03 Å². The number of para-hydroxylation sites is 1. The molecule has 0 aliphatic rings. The fraction of sp³-hybridized carbons (Fsp3) is 0.0625. The van der Waals surface area contributed by atoms with Gasteiger partial charge in [-0.15, -0.1) is 0 Å². The molecule has 0 saturated heterocycles. The molecule has 0 aliphatic heterocycles. The van der Waals surface area contributed by atoms with Crippen LogP contribution < -0.4 is 16.4 Å². The molecule has 0 aliphatic carbocycles. The molecule has 4 N–H and O–H groups in total. The normalized spacial score (nSPS) is 9.43. The second-order valence-electron chi connectivity index (χ2n) is 4.15. The molecule has 0 bridgehead atoms. The standard InChI is InChI=1S/C16H14ClN3O/c17-15-9-8-14(11-12(15)5-4-10-18)20-16(21)19-13-6-2-1-3-7-13/h1-3,6-9,11H,10,18H2,(H2,19,20,21). The van der Waals surface area contributed by atoms with Gasteiger partial charge in [-0.25, -0.2) is 4.79 Å². The van der Waals surface area contributed by atoms with Gasteiger partial charge in [-0.2, -0.15) is 0 Å². The predicted molar refractivity (Wildman–Crippen MR) is 86.5 cm³/mol. The minimum absolute atomic E-state index is 0.252. The Balaban J connectivity index is 2.07. The number of carbonyl (C=O) groups excluding carboxylic acids is 1. The molecule has 0 unspecified atom stereocenters. The highest BCUT2D eigenvalue weighted by Crippen LogP contribution is 2.20. The number of benzene rings is 2. The third-order valence-corrected chi connectivity index (χ3v) is 2.91. The maximum absolute atomic E-state index is 11.9. The minimum atomic E-state index is -0.332. The van der Waals surface area contributed by atoms with Crippen molar-refractivity contribution in [3.63, 3.8) is 0 Å². The van der Waals surface area contributed by atoms with E-state index in [4.69, 9.17) is 17.3 Å². The summed E-state index contributed by atoms with van der Waals surface area (Å²) in [6.45, 7) is 0.252. The topological polar surface area (TPSA) is 67.1 Å². The first-order valence-electron chi connectivity index (χ1n) is 6.30. The van der Waals surface area contributed by atoms with E-state index in [-0.39, 0.29) is 12.6 Å². The van der Waals surface area contributed by atoms with Gasteiger partial charge in [0.25, 0.3) is 0 Å². The van der Waals surface area contributed by atoms with Crippen LogP contribution >= 0.6 is 11.6 Å². The first kappa shape index (κ1) is 14.9. The van der Waals surface area contributed by atoms with Crippen LogP contribution in [0, 0.1) is 11.8 Å². The number of halogens is 1. The number of urea groups is 1. The lowest BCUT2D eigenvalue weighted by atomic mass is 10.2. The maximum Gasteiger partial charge on any atom is 0.323 e. The van der Waals surface area contributed by atoms with Gasteiger partial charge in [0, 0.05) is 16.9 Å². The highest BCUT2D eigenvalue weighted by Gasteiger charge is 2.04. The van der Waals surface area contributed by atoms with Crippen molar-refractivity contribution in [2.24, 2.45) is 5.73 Å². The molecule has 0 aromatic heterocycles. The Morgan fingerprint density at radius 1 is 1.10 bits per heavy atom. The van der Waals surface area contributed by atoms with Gasteiger partial charge in [0.15, 0.2) is 0 Å². The Morgan fingerprint density at radius 2 is 1.81 bits per heavy atom. The predicted octanol–water partition coefficient (Wildman–Crippen LogP) is 3.29. The van der Waals surface area contributed by atoms with Gasteiger partial charge < -0.3 is 16.4 Å². The van der Waals surface area contributed by atoms with Crippen molar-refractivity contribution >= 4 is 29.0 Å². The molecule has 0 saturated carbocycles. The molecule has 0 heterocycles. The highest BCUT2D eigenvalue weighted by molar-refractivity contribution is 6.31. The number of rotatable bonds is 2. The highest BCUT2D eigenvalue weighted by atomic mass is 35.5. The Bertz CT molecular complexity index is 690. The van der Waals surface area contributed by atoms with Gasteiger partial charge in [-0.05, 0) is 30.3 Å². The van der Waals surface area contributed by atoms with E-state index in [0.29, 0.717) is 22.0 Å². The average Bonchev–Trinajstić information content (AvgIpc) is 2.48. The van der Waals surface area contributed by atoms with E-state index in [0.717, 1.165) is 0 Å². The van der Waals surface area contributed by atoms with E-state index in [1.807, 2.05) is 18.2 Å². The Morgan fingerprint density at radius 3 is 2.52 bits per heavy atom. The van der Waals surface area contributed by atoms with Gasteiger partial charge in [-0.1, -0.05) is 41.6 Å². The van der Waals surface area contributed by atoms with Crippen molar-refractivity contribution in [2.75, 3.05) is 17.2 Å². The summed E-state index contributed by atoms with van der Waals surface area (Å²) in [6.07, 6.45) is 0. The molecule has 0 radical (unpaired) electrons. The van der Waals surface area contributed by atoms with Crippen LogP contribution in [0.1, 0.15) is 5.56 Å².